The molecule has 9 heteroatoms. The van der Waals surface area contributed by atoms with Gasteiger partial charge in [-0.15, -0.1) is 0 Å². The van der Waals surface area contributed by atoms with Gasteiger partial charge in [0.15, 0.2) is 11.7 Å². The lowest BCUT2D eigenvalue weighted by Crippen LogP contribution is -2.49. The fourth-order valence-electron chi connectivity index (χ4n) is 2.01. The molecule has 2 rings (SSSR count). The summed E-state index contributed by atoms with van der Waals surface area (Å²) in [6, 6.07) is 10.7. The Morgan fingerprint density at radius 3 is 2.57 bits per heavy atom. The van der Waals surface area contributed by atoms with E-state index >= 15 is 0 Å². The van der Waals surface area contributed by atoms with E-state index in [-0.39, 0.29) is 17.5 Å². The molecule has 0 radical (unpaired) electrons. The van der Waals surface area contributed by atoms with Crippen molar-refractivity contribution in [2.45, 2.75) is 6.92 Å². The van der Waals surface area contributed by atoms with Gasteiger partial charge in [0.1, 0.15) is 11.6 Å². The molecule has 0 aliphatic heterocycles. The maximum atomic E-state index is 12.8. The first kappa shape index (κ1) is 21.3. The molecular formula is C19H17ClFN3O3S. The minimum atomic E-state index is -0.510. The van der Waals surface area contributed by atoms with Crippen molar-refractivity contribution in [1.29, 1.82) is 0 Å². The SMILES string of the molecule is Cc1cc(Cl)ccc1OCC(=O)NNC(=S)NC(=O)/C=C/c1ccc(F)cc1. The third-order valence-corrected chi connectivity index (χ3v) is 3.78. The molecule has 0 saturated carbocycles. The van der Waals surface area contributed by atoms with Crippen molar-refractivity contribution in [2.24, 2.45) is 0 Å². The topological polar surface area (TPSA) is 79.5 Å². The molecule has 0 atom stereocenters. The van der Waals surface area contributed by atoms with Gasteiger partial charge in [-0.25, -0.2) is 4.39 Å². The minimum absolute atomic E-state index is 0.0928. The van der Waals surface area contributed by atoms with E-state index in [4.69, 9.17) is 28.6 Å². The van der Waals surface area contributed by atoms with Crippen LogP contribution in [0, 0.1) is 12.7 Å². The van der Waals surface area contributed by atoms with Gasteiger partial charge in [-0.05, 0) is 66.7 Å². The highest BCUT2D eigenvalue weighted by Crippen LogP contribution is 2.21. The molecule has 0 aliphatic carbocycles. The van der Waals surface area contributed by atoms with Crippen LogP contribution in [0.15, 0.2) is 48.5 Å². The predicted octanol–water partition coefficient (Wildman–Crippen LogP) is 2.90. The molecule has 6 nitrogen and oxygen atoms in total. The summed E-state index contributed by atoms with van der Waals surface area (Å²) in [6.45, 7) is 1.55. The van der Waals surface area contributed by atoms with Crippen LogP contribution in [-0.2, 0) is 9.59 Å². The summed E-state index contributed by atoms with van der Waals surface area (Å²) >= 11 is 10.8. The monoisotopic (exact) mass is 421 g/mol. The van der Waals surface area contributed by atoms with Crippen molar-refractivity contribution in [2.75, 3.05) is 6.61 Å². The van der Waals surface area contributed by atoms with Crippen LogP contribution in [0.4, 0.5) is 4.39 Å². The van der Waals surface area contributed by atoms with Crippen molar-refractivity contribution in [1.82, 2.24) is 16.2 Å². The number of carbonyl (C=O) groups is 2. The van der Waals surface area contributed by atoms with Crippen LogP contribution in [0.25, 0.3) is 6.08 Å². The summed E-state index contributed by atoms with van der Waals surface area (Å²) in [4.78, 5) is 23.5. The zero-order valence-electron chi connectivity index (χ0n) is 14.8. The number of aryl methyl sites for hydroxylation is 1. The number of ether oxygens (including phenoxy) is 1. The highest BCUT2D eigenvalue weighted by atomic mass is 35.5. The fourth-order valence-corrected chi connectivity index (χ4v) is 2.39. The fraction of sp³-hybridized carbons (Fsp3) is 0.105. The quantitative estimate of drug-likeness (QED) is 0.393. The molecule has 0 saturated heterocycles. The Balaban J connectivity index is 1.71. The van der Waals surface area contributed by atoms with Crippen LogP contribution < -0.4 is 20.9 Å². The number of amides is 2. The molecule has 146 valence electrons. The summed E-state index contributed by atoms with van der Waals surface area (Å²) in [5.41, 5.74) is 6.15. The number of hydrazine groups is 1. The highest BCUT2D eigenvalue weighted by molar-refractivity contribution is 7.80. The lowest BCUT2D eigenvalue weighted by Gasteiger charge is -2.11. The van der Waals surface area contributed by atoms with Crippen LogP contribution in [-0.4, -0.2) is 23.5 Å². The van der Waals surface area contributed by atoms with Gasteiger partial charge >= 0.3 is 0 Å². The van der Waals surface area contributed by atoms with Crippen LogP contribution in [0.1, 0.15) is 11.1 Å². The Hall–Kier alpha value is -2.97. The first-order chi connectivity index (χ1) is 13.3. The van der Waals surface area contributed by atoms with Gasteiger partial charge in [-0.1, -0.05) is 23.7 Å². The van der Waals surface area contributed by atoms with Crippen LogP contribution in [0.5, 0.6) is 5.75 Å². The zero-order valence-corrected chi connectivity index (χ0v) is 16.4. The number of nitrogens with one attached hydrogen (secondary N) is 3. The molecule has 2 aromatic rings. The summed E-state index contributed by atoms with van der Waals surface area (Å²) in [5.74, 6) is -0.837. The van der Waals surface area contributed by atoms with E-state index in [2.05, 4.69) is 16.2 Å². The second kappa shape index (κ2) is 10.4. The number of carbonyl (C=O) groups excluding carboxylic acids is 2. The smallest absolute Gasteiger partial charge is 0.276 e. The number of thiocarbonyl (C=S) groups is 1. The normalized spacial score (nSPS) is 10.4. The Labute approximate surface area is 171 Å². The summed E-state index contributed by atoms with van der Waals surface area (Å²) in [7, 11) is 0. The van der Waals surface area contributed by atoms with Crippen molar-refractivity contribution < 1.29 is 18.7 Å². The molecule has 0 fully saturated rings. The van der Waals surface area contributed by atoms with E-state index in [9.17, 15) is 14.0 Å². The molecule has 0 aliphatic rings. The second-order valence-electron chi connectivity index (χ2n) is 5.57. The van der Waals surface area contributed by atoms with Gasteiger partial charge in [0, 0.05) is 11.1 Å². The molecule has 28 heavy (non-hydrogen) atoms. The molecular weight excluding hydrogens is 405 g/mol. The van der Waals surface area contributed by atoms with Gasteiger partial charge < -0.3 is 4.74 Å². The Morgan fingerprint density at radius 1 is 1.18 bits per heavy atom. The number of benzene rings is 2. The van der Waals surface area contributed by atoms with Crippen LogP contribution in [0.2, 0.25) is 5.02 Å². The van der Waals surface area contributed by atoms with Crippen LogP contribution >= 0.6 is 23.8 Å². The van der Waals surface area contributed by atoms with Gasteiger partial charge in [-0.2, -0.15) is 0 Å². The lowest BCUT2D eigenvalue weighted by molar-refractivity contribution is -0.123. The van der Waals surface area contributed by atoms with E-state index < -0.39 is 11.8 Å². The van der Waals surface area contributed by atoms with Crippen molar-refractivity contribution in [3.63, 3.8) is 0 Å². The molecule has 0 heterocycles. The van der Waals surface area contributed by atoms with E-state index in [1.54, 1.807) is 18.2 Å². The summed E-state index contributed by atoms with van der Waals surface area (Å²) < 4.78 is 18.2. The van der Waals surface area contributed by atoms with Crippen molar-refractivity contribution in [3.05, 3.63) is 70.5 Å². The molecule has 2 amide bonds. The third-order valence-electron chi connectivity index (χ3n) is 3.35. The molecule has 0 bridgehead atoms. The molecule has 0 unspecified atom stereocenters. The van der Waals surface area contributed by atoms with E-state index in [1.807, 2.05) is 6.92 Å². The third kappa shape index (κ3) is 7.34. The molecule has 0 aromatic heterocycles. The number of hydrogen-bond acceptors (Lipinski definition) is 4. The molecule has 3 N–H and O–H groups in total. The number of halogens is 2. The maximum absolute atomic E-state index is 12.8. The van der Waals surface area contributed by atoms with Gasteiger partial charge in [0.2, 0.25) is 5.91 Å². The Bertz CT molecular complexity index is 904. The molecule has 0 spiro atoms. The highest BCUT2D eigenvalue weighted by Gasteiger charge is 2.07. The lowest BCUT2D eigenvalue weighted by atomic mass is 10.2. The van der Waals surface area contributed by atoms with Gasteiger partial charge in [0.05, 0.1) is 0 Å². The van der Waals surface area contributed by atoms with Gasteiger partial charge in [0.25, 0.3) is 5.91 Å². The average molecular weight is 422 g/mol. The zero-order chi connectivity index (χ0) is 20.5. The van der Waals surface area contributed by atoms with Gasteiger partial charge in [-0.3, -0.25) is 25.8 Å². The minimum Gasteiger partial charge on any atom is -0.483 e. The van der Waals surface area contributed by atoms with E-state index in [0.717, 1.165) is 5.56 Å². The van der Waals surface area contributed by atoms with E-state index in [0.29, 0.717) is 16.3 Å². The standard InChI is InChI=1S/C19H17ClFN3O3S/c1-12-10-14(20)5-8-16(12)27-11-18(26)23-24-19(28)22-17(25)9-4-13-2-6-15(21)7-3-13/h2-10H,11H2,1H3,(H,23,26)(H2,22,24,25,28)/b9-4+. The predicted molar refractivity (Wildman–Crippen MR) is 109 cm³/mol. The molecule has 2 aromatic carbocycles. The first-order valence-electron chi connectivity index (χ1n) is 8.06. The average Bonchev–Trinajstić information content (AvgIpc) is 2.65. The largest absolute Gasteiger partial charge is 0.483 e. The maximum Gasteiger partial charge on any atom is 0.276 e. The summed E-state index contributed by atoms with van der Waals surface area (Å²) in [5, 5.41) is 2.84. The number of hydrogen-bond donors (Lipinski definition) is 3. The van der Waals surface area contributed by atoms with Crippen molar-refractivity contribution in [3.8, 4) is 5.75 Å². The van der Waals surface area contributed by atoms with E-state index in [1.165, 1.54) is 36.4 Å². The first-order valence-corrected chi connectivity index (χ1v) is 8.84. The van der Waals surface area contributed by atoms with Crippen molar-refractivity contribution >= 4 is 46.8 Å². The second-order valence-corrected chi connectivity index (χ2v) is 6.42. The van der Waals surface area contributed by atoms with Crippen LogP contribution in [0.3, 0.4) is 0 Å². The Morgan fingerprint density at radius 2 is 1.89 bits per heavy atom. The summed E-state index contributed by atoms with van der Waals surface area (Å²) in [6.07, 6.45) is 2.73. The Kier molecular flexibility index (Phi) is 7.91. The number of rotatable bonds is 5.